The molecule has 3 fully saturated rings. The highest BCUT2D eigenvalue weighted by Crippen LogP contribution is 2.66. The third kappa shape index (κ3) is 4.89. The summed E-state index contributed by atoms with van der Waals surface area (Å²) in [6.07, 6.45) is 1.91. The molecule has 2 saturated heterocycles. The van der Waals surface area contributed by atoms with Gasteiger partial charge in [-0.05, 0) is 72.7 Å². The van der Waals surface area contributed by atoms with Crippen molar-refractivity contribution in [2.45, 2.75) is 28.5 Å². The number of fused-ring (bicyclic) bond motifs is 5. The van der Waals surface area contributed by atoms with Crippen LogP contribution in [-0.4, -0.2) is 62.9 Å². The van der Waals surface area contributed by atoms with Crippen LogP contribution in [0.25, 0.3) is 10.8 Å². The van der Waals surface area contributed by atoms with Crippen LogP contribution in [0.4, 0.5) is 22.7 Å². The summed E-state index contributed by atoms with van der Waals surface area (Å²) >= 11 is 18.0. The summed E-state index contributed by atoms with van der Waals surface area (Å²) in [5.41, 5.74) is 3.41. The standard InChI is InChI=1S/C39H32BrCl2N5O5/c1-45(2)24-12-8-22(9-13-24)43-44-23-10-14-25(15-11-23)47-34(49)28-18-17-27-30(31(28)35(47)50)19-38(41)36(51)46(20-40)37(52)39(38,42)32(27)29-16-7-21-5-3-4-6-26(21)33(29)48/h3-17,28,30-32,48H,18-20H2,1-2H3/t28-,30+,31-,32+,38+,39-/m0/s1. The zero-order chi connectivity index (χ0) is 36.7. The van der Waals surface area contributed by atoms with E-state index in [0.717, 1.165) is 16.0 Å². The van der Waals surface area contributed by atoms with Gasteiger partial charge in [0.2, 0.25) is 11.8 Å². The lowest BCUT2D eigenvalue weighted by atomic mass is 9.56. The summed E-state index contributed by atoms with van der Waals surface area (Å²) < 4.78 is 0. The Balaban J connectivity index is 1.15. The van der Waals surface area contributed by atoms with Crippen LogP contribution in [-0.2, 0) is 19.2 Å². The van der Waals surface area contributed by atoms with E-state index >= 15 is 0 Å². The van der Waals surface area contributed by atoms with Crippen molar-refractivity contribution in [3.8, 4) is 5.75 Å². The molecular formula is C39H32BrCl2N5O5. The number of azo groups is 1. The average molecular weight is 802 g/mol. The quantitative estimate of drug-likeness (QED) is 0.0695. The maximum absolute atomic E-state index is 14.4. The first-order chi connectivity index (χ1) is 24.9. The number of phenols is 1. The lowest BCUT2D eigenvalue weighted by Crippen LogP contribution is -2.60. The fourth-order valence-electron chi connectivity index (χ4n) is 8.46. The highest BCUT2D eigenvalue weighted by atomic mass is 79.9. The van der Waals surface area contributed by atoms with Crippen LogP contribution in [0.2, 0.25) is 0 Å². The van der Waals surface area contributed by atoms with Crippen molar-refractivity contribution >= 4 is 96.3 Å². The number of carbonyl (C=O) groups excluding carboxylic acids is 4. The number of carbonyl (C=O) groups is 4. The molecule has 0 aromatic heterocycles. The Hall–Kier alpha value is -4.58. The molecule has 4 aromatic rings. The van der Waals surface area contributed by atoms with Gasteiger partial charge in [0.05, 0.1) is 34.4 Å². The normalized spacial score (nSPS) is 28.4. The number of amides is 4. The molecule has 6 atom stereocenters. The van der Waals surface area contributed by atoms with Crippen molar-refractivity contribution in [3.05, 3.63) is 102 Å². The topological polar surface area (TPSA) is 123 Å². The molecule has 10 nitrogen and oxygen atoms in total. The second kappa shape index (κ2) is 12.5. The van der Waals surface area contributed by atoms with E-state index in [2.05, 4.69) is 26.2 Å². The Bertz CT molecular complexity index is 2250. The van der Waals surface area contributed by atoms with Crippen molar-refractivity contribution < 1.29 is 24.3 Å². The summed E-state index contributed by atoms with van der Waals surface area (Å²) in [5, 5.41) is 21.6. The van der Waals surface area contributed by atoms with E-state index in [9.17, 15) is 24.3 Å². The Morgan fingerprint density at radius 2 is 1.50 bits per heavy atom. The molecule has 0 radical (unpaired) electrons. The maximum atomic E-state index is 14.4. The number of alkyl halides is 3. The molecule has 8 rings (SSSR count). The minimum absolute atomic E-state index is 0.0957. The van der Waals surface area contributed by atoms with Gasteiger partial charge in [-0.1, -0.05) is 64.0 Å². The number of allylic oxidation sites excluding steroid dienone is 2. The van der Waals surface area contributed by atoms with Crippen LogP contribution in [0.1, 0.15) is 24.3 Å². The van der Waals surface area contributed by atoms with E-state index in [0.29, 0.717) is 33.6 Å². The van der Waals surface area contributed by atoms with Gasteiger partial charge < -0.3 is 10.0 Å². The van der Waals surface area contributed by atoms with Gasteiger partial charge in [-0.2, -0.15) is 10.2 Å². The monoisotopic (exact) mass is 799 g/mol. The van der Waals surface area contributed by atoms with Gasteiger partial charge in [-0.25, -0.2) is 0 Å². The van der Waals surface area contributed by atoms with Gasteiger partial charge in [0, 0.05) is 36.7 Å². The third-order valence-electron chi connectivity index (χ3n) is 11.0. The zero-order valence-electron chi connectivity index (χ0n) is 28.0. The van der Waals surface area contributed by atoms with Crippen molar-refractivity contribution in [1.82, 2.24) is 4.90 Å². The van der Waals surface area contributed by atoms with E-state index < -0.39 is 51.1 Å². The molecule has 0 unspecified atom stereocenters. The first kappa shape index (κ1) is 34.5. The molecule has 1 N–H and O–H groups in total. The second-order valence-corrected chi connectivity index (χ2v) is 15.6. The van der Waals surface area contributed by atoms with Crippen molar-refractivity contribution in [2.24, 2.45) is 28.0 Å². The summed E-state index contributed by atoms with van der Waals surface area (Å²) in [4.78, 5) is 56.8. The first-order valence-corrected chi connectivity index (χ1v) is 18.7. The number of halogens is 3. The molecule has 2 aliphatic heterocycles. The van der Waals surface area contributed by atoms with Gasteiger partial charge in [-0.3, -0.25) is 29.0 Å². The molecule has 0 spiro atoms. The van der Waals surface area contributed by atoms with Gasteiger partial charge in [0.25, 0.3) is 11.8 Å². The highest BCUT2D eigenvalue weighted by Gasteiger charge is 2.76. The first-order valence-electron chi connectivity index (χ1n) is 16.8. The van der Waals surface area contributed by atoms with Crippen molar-refractivity contribution in [1.29, 1.82) is 0 Å². The summed E-state index contributed by atoms with van der Waals surface area (Å²) in [5.74, 6) is -5.67. The van der Waals surface area contributed by atoms with Gasteiger partial charge in [0.1, 0.15) is 5.75 Å². The number of benzene rings is 4. The van der Waals surface area contributed by atoms with Crippen LogP contribution in [0, 0.1) is 17.8 Å². The molecule has 13 heteroatoms. The van der Waals surface area contributed by atoms with Crippen LogP contribution in [0.3, 0.4) is 0 Å². The summed E-state index contributed by atoms with van der Waals surface area (Å²) in [7, 11) is 3.91. The van der Waals surface area contributed by atoms with E-state index in [4.69, 9.17) is 23.2 Å². The van der Waals surface area contributed by atoms with Crippen LogP contribution >= 0.6 is 39.1 Å². The number of hydrogen-bond acceptors (Lipinski definition) is 8. The predicted octanol–water partition coefficient (Wildman–Crippen LogP) is 7.94. The zero-order valence-corrected chi connectivity index (χ0v) is 31.1. The second-order valence-electron chi connectivity index (χ2n) is 13.9. The lowest BCUT2D eigenvalue weighted by molar-refractivity contribution is -0.138. The molecule has 2 aliphatic carbocycles. The number of imide groups is 2. The molecule has 0 bridgehead atoms. The Labute approximate surface area is 317 Å². The van der Waals surface area contributed by atoms with Crippen molar-refractivity contribution in [2.75, 3.05) is 29.3 Å². The molecule has 1 saturated carbocycles. The Morgan fingerprint density at radius 1 is 0.846 bits per heavy atom. The molecule has 264 valence electrons. The molecule has 4 aromatic carbocycles. The number of phenolic OH excluding ortho intramolecular Hbond substituents is 1. The van der Waals surface area contributed by atoms with E-state index in [1.165, 1.54) is 4.90 Å². The number of aromatic hydroxyl groups is 1. The number of likely N-dealkylation sites (tertiary alicyclic amines) is 1. The Morgan fingerprint density at radius 3 is 2.15 bits per heavy atom. The number of nitrogens with zero attached hydrogens (tertiary/aromatic N) is 5. The lowest BCUT2D eigenvalue weighted by Gasteiger charge is -2.50. The molecular weight excluding hydrogens is 769 g/mol. The fraction of sp³-hybridized carbons (Fsp3) is 0.282. The minimum Gasteiger partial charge on any atom is -0.507 e. The van der Waals surface area contributed by atoms with Crippen molar-refractivity contribution in [3.63, 3.8) is 0 Å². The average Bonchev–Trinajstić information content (AvgIpc) is 3.49. The SMILES string of the molecule is CN(C)c1ccc(N=Nc2ccc(N3C(=O)[C@H]4[C@H](CC=C5[C@H]4C[C@@]4(Cl)C(=O)N(CBr)C(=O)[C@@]4(Cl)[C@H]5c4ccc5ccccc5c4O)C3=O)cc2)cc1. The number of anilines is 2. The van der Waals surface area contributed by atoms with E-state index in [-0.39, 0.29) is 30.0 Å². The third-order valence-corrected chi connectivity index (χ3v) is 12.9. The molecule has 4 aliphatic rings. The highest BCUT2D eigenvalue weighted by molar-refractivity contribution is 9.09. The molecule has 4 amide bonds. The Kier molecular flexibility index (Phi) is 8.31. The number of hydrogen-bond donors (Lipinski definition) is 1. The summed E-state index contributed by atoms with van der Waals surface area (Å²) in [6, 6.07) is 25.0. The molecule has 52 heavy (non-hydrogen) atoms. The van der Waals surface area contributed by atoms with Gasteiger partial charge in [-0.15, -0.1) is 23.2 Å². The fourth-order valence-corrected chi connectivity index (χ4v) is 9.88. The van der Waals surface area contributed by atoms with Crippen LogP contribution in [0.5, 0.6) is 5.75 Å². The number of rotatable bonds is 6. The van der Waals surface area contributed by atoms with E-state index in [1.54, 1.807) is 42.5 Å². The maximum Gasteiger partial charge on any atom is 0.254 e. The molecule has 2 heterocycles. The smallest absolute Gasteiger partial charge is 0.254 e. The van der Waals surface area contributed by atoms with Crippen LogP contribution < -0.4 is 9.80 Å². The van der Waals surface area contributed by atoms with Gasteiger partial charge in [0.15, 0.2) is 9.75 Å². The summed E-state index contributed by atoms with van der Waals surface area (Å²) in [6.45, 7) is 0. The van der Waals surface area contributed by atoms with Gasteiger partial charge >= 0.3 is 0 Å². The predicted molar refractivity (Wildman–Crippen MR) is 203 cm³/mol. The largest absolute Gasteiger partial charge is 0.507 e. The van der Waals surface area contributed by atoms with Crippen LogP contribution in [0.15, 0.2) is 107 Å². The van der Waals surface area contributed by atoms with E-state index in [1.807, 2.05) is 67.5 Å². The minimum atomic E-state index is -2.02.